The Labute approximate surface area is 128 Å². The van der Waals surface area contributed by atoms with Gasteiger partial charge in [0.1, 0.15) is 0 Å². The lowest BCUT2D eigenvalue weighted by Gasteiger charge is -2.30. The van der Waals surface area contributed by atoms with Crippen molar-refractivity contribution in [3.05, 3.63) is 35.4 Å². The van der Waals surface area contributed by atoms with E-state index in [1.165, 1.54) is 18.4 Å². The monoisotopic (exact) mass is 288 g/mol. The summed E-state index contributed by atoms with van der Waals surface area (Å²) in [5, 5.41) is 3.39. The molecule has 1 aliphatic heterocycles. The molecule has 0 unspecified atom stereocenters. The van der Waals surface area contributed by atoms with Crippen LogP contribution in [0.5, 0.6) is 0 Å². The Morgan fingerprint density at radius 3 is 2.76 bits per heavy atom. The molecule has 1 aromatic rings. The first kappa shape index (κ1) is 16.0. The van der Waals surface area contributed by atoms with E-state index in [0.717, 1.165) is 38.2 Å². The van der Waals surface area contributed by atoms with E-state index in [1.807, 2.05) is 6.07 Å². The quantitative estimate of drug-likeness (QED) is 0.873. The highest BCUT2D eigenvalue weighted by Gasteiger charge is 2.20. The minimum absolute atomic E-state index is 0.279. The SMILES string of the molecule is CCCN(CC1CCNCC1)C(=O)Cc1cccc(C)c1. The van der Waals surface area contributed by atoms with Crippen LogP contribution in [0.25, 0.3) is 0 Å². The van der Waals surface area contributed by atoms with E-state index >= 15 is 0 Å². The summed E-state index contributed by atoms with van der Waals surface area (Å²) in [6.45, 7) is 8.23. The Balaban J connectivity index is 1.94. The lowest BCUT2D eigenvalue weighted by Crippen LogP contribution is -2.40. The molecule has 0 saturated carbocycles. The van der Waals surface area contributed by atoms with Gasteiger partial charge in [-0.25, -0.2) is 0 Å². The number of aryl methyl sites for hydroxylation is 1. The molecule has 0 aromatic heterocycles. The summed E-state index contributed by atoms with van der Waals surface area (Å²) in [6, 6.07) is 8.29. The van der Waals surface area contributed by atoms with Gasteiger partial charge >= 0.3 is 0 Å². The lowest BCUT2D eigenvalue weighted by atomic mass is 9.97. The second kappa shape index (κ2) is 8.18. The van der Waals surface area contributed by atoms with E-state index in [-0.39, 0.29) is 5.91 Å². The summed E-state index contributed by atoms with van der Waals surface area (Å²) in [5.74, 6) is 0.945. The maximum atomic E-state index is 12.6. The third kappa shape index (κ3) is 5.16. The Morgan fingerprint density at radius 2 is 2.10 bits per heavy atom. The van der Waals surface area contributed by atoms with Crippen LogP contribution in [0.3, 0.4) is 0 Å². The summed E-state index contributed by atoms with van der Waals surface area (Å²) < 4.78 is 0. The minimum atomic E-state index is 0.279. The van der Waals surface area contributed by atoms with Gasteiger partial charge in [0, 0.05) is 13.1 Å². The van der Waals surface area contributed by atoms with Crippen molar-refractivity contribution in [2.24, 2.45) is 5.92 Å². The number of carbonyl (C=O) groups is 1. The van der Waals surface area contributed by atoms with Crippen LogP contribution in [0.4, 0.5) is 0 Å². The molecule has 0 aliphatic carbocycles. The molecule has 1 fully saturated rings. The Hall–Kier alpha value is -1.35. The van der Waals surface area contributed by atoms with Crippen molar-refractivity contribution in [2.75, 3.05) is 26.2 Å². The summed E-state index contributed by atoms with van der Waals surface area (Å²) in [4.78, 5) is 14.7. The van der Waals surface area contributed by atoms with Crippen LogP contribution in [0.2, 0.25) is 0 Å². The molecule has 0 atom stereocenters. The molecule has 0 radical (unpaired) electrons. The van der Waals surface area contributed by atoms with Crippen molar-refractivity contribution in [3.8, 4) is 0 Å². The molecule has 21 heavy (non-hydrogen) atoms. The normalized spacial score (nSPS) is 15.9. The summed E-state index contributed by atoms with van der Waals surface area (Å²) >= 11 is 0. The van der Waals surface area contributed by atoms with Crippen LogP contribution in [0, 0.1) is 12.8 Å². The van der Waals surface area contributed by atoms with Crippen LogP contribution in [0.15, 0.2) is 24.3 Å². The molecule has 1 saturated heterocycles. The van der Waals surface area contributed by atoms with Crippen LogP contribution < -0.4 is 5.32 Å². The minimum Gasteiger partial charge on any atom is -0.342 e. The van der Waals surface area contributed by atoms with Crippen molar-refractivity contribution < 1.29 is 4.79 Å². The van der Waals surface area contributed by atoms with Crippen molar-refractivity contribution in [1.29, 1.82) is 0 Å². The fraction of sp³-hybridized carbons (Fsp3) is 0.611. The zero-order chi connectivity index (χ0) is 15.1. The molecule has 3 nitrogen and oxygen atoms in total. The van der Waals surface area contributed by atoms with E-state index in [1.54, 1.807) is 0 Å². The van der Waals surface area contributed by atoms with Crippen LogP contribution >= 0.6 is 0 Å². The molecule has 2 rings (SSSR count). The van der Waals surface area contributed by atoms with Gasteiger partial charge in [0.15, 0.2) is 0 Å². The maximum Gasteiger partial charge on any atom is 0.226 e. The van der Waals surface area contributed by atoms with E-state index in [2.05, 4.69) is 42.3 Å². The van der Waals surface area contributed by atoms with Crippen LogP contribution in [-0.4, -0.2) is 37.0 Å². The van der Waals surface area contributed by atoms with Gasteiger partial charge < -0.3 is 10.2 Å². The van der Waals surface area contributed by atoms with Gasteiger partial charge in [-0.1, -0.05) is 36.8 Å². The highest BCUT2D eigenvalue weighted by molar-refractivity contribution is 5.78. The molecule has 116 valence electrons. The number of amides is 1. The molecule has 1 aliphatic rings. The Kier molecular flexibility index (Phi) is 6.24. The molecule has 1 N–H and O–H groups in total. The molecule has 1 aromatic carbocycles. The second-order valence-corrected chi connectivity index (χ2v) is 6.20. The van der Waals surface area contributed by atoms with E-state index in [4.69, 9.17) is 0 Å². The molecular formula is C18H28N2O. The number of carbonyl (C=O) groups excluding carboxylic acids is 1. The Bertz CT molecular complexity index is 452. The van der Waals surface area contributed by atoms with Crippen molar-refractivity contribution >= 4 is 5.91 Å². The van der Waals surface area contributed by atoms with Crippen LogP contribution in [-0.2, 0) is 11.2 Å². The first-order chi connectivity index (χ1) is 10.2. The number of nitrogens with zero attached hydrogens (tertiary/aromatic N) is 1. The smallest absolute Gasteiger partial charge is 0.226 e. The number of piperidine rings is 1. The average molecular weight is 288 g/mol. The van der Waals surface area contributed by atoms with E-state index in [9.17, 15) is 4.79 Å². The van der Waals surface area contributed by atoms with Gasteiger partial charge in [0.05, 0.1) is 6.42 Å². The van der Waals surface area contributed by atoms with Crippen molar-refractivity contribution in [3.63, 3.8) is 0 Å². The number of benzene rings is 1. The molecule has 1 heterocycles. The van der Waals surface area contributed by atoms with Crippen LogP contribution in [0.1, 0.15) is 37.3 Å². The van der Waals surface area contributed by atoms with Gasteiger partial charge in [-0.15, -0.1) is 0 Å². The standard InChI is InChI=1S/C18H28N2O/c1-3-11-20(14-16-7-9-19-10-8-16)18(21)13-17-6-4-5-15(2)12-17/h4-6,12,16,19H,3,7-11,13-14H2,1-2H3. The molecule has 1 amide bonds. The van der Waals surface area contributed by atoms with Crippen molar-refractivity contribution in [2.45, 2.75) is 39.5 Å². The maximum absolute atomic E-state index is 12.6. The zero-order valence-electron chi connectivity index (χ0n) is 13.4. The lowest BCUT2D eigenvalue weighted by molar-refractivity contribution is -0.131. The first-order valence-electron chi connectivity index (χ1n) is 8.23. The first-order valence-corrected chi connectivity index (χ1v) is 8.23. The largest absolute Gasteiger partial charge is 0.342 e. The van der Waals surface area contributed by atoms with Gasteiger partial charge in [0.25, 0.3) is 0 Å². The fourth-order valence-electron chi connectivity index (χ4n) is 3.07. The molecular weight excluding hydrogens is 260 g/mol. The predicted molar refractivity (Wildman–Crippen MR) is 87.3 cm³/mol. The van der Waals surface area contributed by atoms with Gasteiger partial charge in [0.2, 0.25) is 5.91 Å². The highest BCUT2D eigenvalue weighted by Crippen LogP contribution is 2.15. The van der Waals surface area contributed by atoms with Gasteiger partial charge in [-0.05, 0) is 50.8 Å². The van der Waals surface area contributed by atoms with Crippen molar-refractivity contribution in [1.82, 2.24) is 10.2 Å². The predicted octanol–water partition coefficient (Wildman–Crippen LogP) is 2.78. The number of hydrogen-bond acceptors (Lipinski definition) is 2. The third-order valence-electron chi connectivity index (χ3n) is 4.22. The molecule has 3 heteroatoms. The number of hydrogen-bond donors (Lipinski definition) is 1. The average Bonchev–Trinajstić information content (AvgIpc) is 2.48. The van der Waals surface area contributed by atoms with E-state index < -0.39 is 0 Å². The van der Waals surface area contributed by atoms with Gasteiger partial charge in [-0.2, -0.15) is 0 Å². The highest BCUT2D eigenvalue weighted by atomic mass is 16.2. The Morgan fingerprint density at radius 1 is 1.33 bits per heavy atom. The summed E-state index contributed by atoms with van der Waals surface area (Å²) in [7, 11) is 0. The number of nitrogens with one attached hydrogen (secondary N) is 1. The van der Waals surface area contributed by atoms with Gasteiger partial charge in [-0.3, -0.25) is 4.79 Å². The fourth-order valence-corrected chi connectivity index (χ4v) is 3.07. The van der Waals surface area contributed by atoms with E-state index in [0.29, 0.717) is 12.3 Å². The zero-order valence-corrected chi connectivity index (χ0v) is 13.4. The molecule has 0 bridgehead atoms. The summed E-state index contributed by atoms with van der Waals surface area (Å²) in [6.07, 6.45) is 3.95. The summed E-state index contributed by atoms with van der Waals surface area (Å²) in [5.41, 5.74) is 2.35. The second-order valence-electron chi connectivity index (χ2n) is 6.20. The third-order valence-corrected chi connectivity index (χ3v) is 4.22. The number of rotatable bonds is 6. The topological polar surface area (TPSA) is 32.3 Å². The molecule has 0 spiro atoms.